The van der Waals surface area contributed by atoms with Gasteiger partial charge in [0, 0.05) is 13.0 Å². The zero-order chi connectivity index (χ0) is 17.6. The van der Waals surface area contributed by atoms with Gasteiger partial charge in [-0.1, -0.05) is 19.3 Å². The third-order valence-electron chi connectivity index (χ3n) is 5.26. The molecule has 2 saturated carbocycles. The highest BCUT2D eigenvalue weighted by atomic mass is 16.6. The molecule has 0 N–H and O–H groups in total. The molecule has 24 heavy (non-hydrogen) atoms. The van der Waals surface area contributed by atoms with Crippen LogP contribution >= 0.6 is 0 Å². The summed E-state index contributed by atoms with van der Waals surface area (Å²) in [6.07, 6.45) is 10.4. The van der Waals surface area contributed by atoms with E-state index in [1.807, 2.05) is 20.8 Å². The fraction of sp³-hybridized carbons (Fsp3) is 0.900. The second-order valence-electron chi connectivity index (χ2n) is 8.52. The molecule has 0 radical (unpaired) electrons. The van der Waals surface area contributed by atoms with Crippen LogP contribution < -0.4 is 0 Å². The van der Waals surface area contributed by atoms with Crippen molar-refractivity contribution >= 4 is 11.8 Å². The van der Waals surface area contributed by atoms with Crippen molar-refractivity contribution in [3.8, 4) is 0 Å². The van der Waals surface area contributed by atoms with E-state index in [9.17, 15) is 9.59 Å². The van der Waals surface area contributed by atoms with Crippen molar-refractivity contribution in [3.63, 3.8) is 0 Å². The van der Waals surface area contributed by atoms with Crippen LogP contribution in [-0.4, -0.2) is 30.1 Å². The topological polar surface area (TPSA) is 52.6 Å². The summed E-state index contributed by atoms with van der Waals surface area (Å²) in [5.74, 6) is 0.248. The number of Topliss-reactive ketones (excluding diaryl/α,β-unsaturated/α-hetero) is 1. The first-order valence-corrected chi connectivity index (χ1v) is 9.70. The van der Waals surface area contributed by atoms with Crippen molar-refractivity contribution in [2.24, 2.45) is 5.41 Å². The molecule has 0 heterocycles. The first kappa shape index (κ1) is 19.4. The van der Waals surface area contributed by atoms with Gasteiger partial charge in [-0.15, -0.1) is 0 Å². The molecular weight excluding hydrogens is 304 g/mol. The average molecular weight is 338 g/mol. The summed E-state index contributed by atoms with van der Waals surface area (Å²) < 4.78 is 11.4. The van der Waals surface area contributed by atoms with Gasteiger partial charge in [-0.25, -0.2) is 0 Å². The van der Waals surface area contributed by atoms with Gasteiger partial charge in [0.15, 0.2) is 5.78 Å². The zero-order valence-electron chi connectivity index (χ0n) is 15.7. The Balaban J connectivity index is 1.73. The molecule has 2 aliphatic carbocycles. The fourth-order valence-electron chi connectivity index (χ4n) is 3.91. The Hall–Kier alpha value is -0.900. The molecule has 2 aliphatic rings. The van der Waals surface area contributed by atoms with Crippen LogP contribution in [0.5, 0.6) is 0 Å². The van der Waals surface area contributed by atoms with Crippen LogP contribution in [0.3, 0.4) is 0 Å². The van der Waals surface area contributed by atoms with E-state index >= 15 is 0 Å². The van der Waals surface area contributed by atoms with Crippen LogP contribution in [0.15, 0.2) is 0 Å². The summed E-state index contributed by atoms with van der Waals surface area (Å²) in [4.78, 5) is 24.4. The quantitative estimate of drug-likeness (QED) is 0.503. The van der Waals surface area contributed by atoms with E-state index in [0.717, 1.165) is 64.2 Å². The first-order valence-electron chi connectivity index (χ1n) is 9.70. The molecule has 138 valence electrons. The van der Waals surface area contributed by atoms with Crippen LogP contribution in [-0.2, 0) is 19.1 Å². The lowest BCUT2D eigenvalue weighted by Gasteiger charge is -2.31. The lowest BCUT2D eigenvalue weighted by molar-refractivity contribution is -0.168. The summed E-state index contributed by atoms with van der Waals surface area (Å²) in [6.45, 7) is 6.43. The monoisotopic (exact) mass is 338 g/mol. The van der Waals surface area contributed by atoms with Crippen molar-refractivity contribution < 1.29 is 19.1 Å². The standard InChI is InChI=1S/C20H34O4/c1-19(2,3)24-18(22)20(12-6-7-13-20)14-8-9-15-23-17-11-5-4-10-16(17)21/h17H,4-15H2,1-3H3. The summed E-state index contributed by atoms with van der Waals surface area (Å²) >= 11 is 0. The minimum absolute atomic E-state index is 0.0177. The van der Waals surface area contributed by atoms with Gasteiger partial charge < -0.3 is 9.47 Å². The molecule has 1 unspecified atom stereocenters. The number of ketones is 1. The zero-order valence-corrected chi connectivity index (χ0v) is 15.7. The van der Waals surface area contributed by atoms with E-state index in [2.05, 4.69) is 0 Å². The van der Waals surface area contributed by atoms with Crippen LogP contribution in [0.4, 0.5) is 0 Å². The summed E-state index contributed by atoms with van der Waals surface area (Å²) in [5.41, 5.74) is -0.703. The average Bonchev–Trinajstić information content (AvgIpc) is 2.97. The number of rotatable bonds is 7. The minimum Gasteiger partial charge on any atom is -0.460 e. The maximum atomic E-state index is 12.6. The predicted molar refractivity (Wildman–Crippen MR) is 93.8 cm³/mol. The SMILES string of the molecule is CC(C)(C)OC(=O)C1(CCCCOC2CCCCC2=O)CCCC1. The van der Waals surface area contributed by atoms with Crippen molar-refractivity contribution in [1.29, 1.82) is 0 Å². The molecule has 0 spiro atoms. The number of carbonyl (C=O) groups is 2. The lowest BCUT2D eigenvalue weighted by atomic mass is 9.81. The number of hydrogen-bond acceptors (Lipinski definition) is 4. The molecule has 0 bridgehead atoms. The highest BCUT2D eigenvalue weighted by Crippen LogP contribution is 2.44. The fourth-order valence-corrected chi connectivity index (χ4v) is 3.91. The molecule has 0 aromatic carbocycles. The molecule has 0 aromatic rings. The summed E-state index contributed by atoms with van der Waals surface area (Å²) in [7, 11) is 0. The van der Waals surface area contributed by atoms with Gasteiger partial charge in [0.25, 0.3) is 0 Å². The Kier molecular flexibility index (Phi) is 6.85. The smallest absolute Gasteiger partial charge is 0.312 e. The summed E-state index contributed by atoms with van der Waals surface area (Å²) in [5, 5.41) is 0. The molecule has 0 saturated heterocycles. The predicted octanol–water partition coefficient (Wildman–Crippen LogP) is 4.59. The maximum absolute atomic E-state index is 12.6. The van der Waals surface area contributed by atoms with E-state index in [1.54, 1.807) is 0 Å². The van der Waals surface area contributed by atoms with Crippen LogP contribution in [0.2, 0.25) is 0 Å². The molecule has 2 rings (SSSR count). The number of hydrogen-bond donors (Lipinski definition) is 0. The maximum Gasteiger partial charge on any atom is 0.312 e. The normalized spacial score (nSPS) is 24.1. The highest BCUT2D eigenvalue weighted by Gasteiger charge is 2.43. The Morgan fingerprint density at radius 1 is 1.12 bits per heavy atom. The third kappa shape index (κ3) is 5.58. The van der Waals surface area contributed by atoms with Crippen LogP contribution in [0, 0.1) is 5.41 Å². The van der Waals surface area contributed by atoms with Gasteiger partial charge in [0.2, 0.25) is 0 Å². The largest absolute Gasteiger partial charge is 0.460 e. The first-order chi connectivity index (χ1) is 11.3. The van der Waals surface area contributed by atoms with E-state index in [-0.39, 0.29) is 23.3 Å². The molecule has 4 nitrogen and oxygen atoms in total. The summed E-state index contributed by atoms with van der Waals surface area (Å²) in [6, 6.07) is 0. The third-order valence-corrected chi connectivity index (χ3v) is 5.26. The Labute approximate surface area is 146 Å². The Morgan fingerprint density at radius 3 is 2.46 bits per heavy atom. The molecule has 4 heteroatoms. The van der Waals surface area contributed by atoms with E-state index in [4.69, 9.17) is 9.47 Å². The van der Waals surface area contributed by atoms with Crippen LogP contribution in [0.1, 0.15) is 91.4 Å². The van der Waals surface area contributed by atoms with Crippen molar-refractivity contribution in [1.82, 2.24) is 0 Å². The van der Waals surface area contributed by atoms with Gasteiger partial charge in [-0.3, -0.25) is 9.59 Å². The minimum atomic E-state index is -0.420. The van der Waals surface area contributed by atoms with Crippen LogP contribution in [0.25, 0.3) is 0 Å². The van der Waals surface area contributed by atoms with Crippen molar-refractivity contribution in [2.75, 3.05) is 6.61 Å². The van der Waals surface area contributed by atoms with Gasteiger partial charge >= 0.3 is 5.97 Å². The van der Waals surface area contributed by atoms with E-state index in [0.29, 0.717) is 13.0 Å². The second-order valence-corrected chi connectivity index (χ2v) is 8.52. The van der Waals surface area contributed by atoms with E-state index < -0.39 is 5.60 Å². The van der Waals surface area contributed by atoms with Gasteiger partial charge in [0.05, 0.1) is 5.41 Å². The molecule has 0 aromatic heterocycles. The molecule has 0 amide bonds. The Morgan fingerprint density at radius 2 is 1.83 bits per heavy atom. The van der Waals surface area contributed by atoms with Gasteiger partial charge in [-0.2, -0.15) is 0 Å². The van der Waals surface area contributed by atoms with Gasteiger partial charge in [-0.05, 0) is 65.7 Å². The van der Waals surface area contributed by atoms with Crippen molar-refractivity contribution in [2.45, 2.75) is 103 Å². The second kappa shape index (κ2) is 8.46. The highest BCUT2D eigenvalue weighted by molar-refractivity contribution is 5.83. The molecular formula is C20H34O4. The van der Waals surface area contributed by atoms with Crippen molar-refractivity contribution in [3.05, 3.63) is 0 Å². The molecule has 2 fully saturated rings. The van der Waals surface area contributed by atoms with Gasteiger partial charge in [0.1, 0.15) is 11.7 Å². The number of ether oxygens (including phenoxy) is 2. The molecule has 1 atom stereocenters. The molecule has 0 aliphatic heterocycles. The Bertz CT molecular complexity index is 429. The number of carbonyl (C=O) groups excluding carboxylic acids is 2. The number of unbranched alkanes of at least 4 members (excludes halogenated alkanes) is 1. The van der Waals surface area contributed by atoms with E-state index in [1.165, 1.54) is 0 Å². The lowest BCUT2D eigenvalue weighted by Crippen LogP contribution is -2.36. The number of esters is 1.